The second kappa shape index (κ2) is 4.25. The molecule has 0 saturated carbocycles. The lowest BCUT2D eigenvalue weighted by Crippen LogP contribution is -2.16. The zero-order valence-corrected chi connectivity index (χ0v) is 10.3. The molecule has 0 aliphatic rings. The Morgan fingerprint density at radius 1 is 1.62 bits per heavy atom. The molecule has 84 valence electrons. The van der Waals surface area contributed by atoms with Gasteiger partial charge >= 0.3 is 5.97 Å². The highest BCUT2D eigenvalue weighted by Gasteiger charge is 2.13. The number of hydrogen-bond acceptors (Lipinski definition) is 2. The summed E-state index contributed by atoms with van der Waals surface area (Å²) in [6.45, 7) is 2.06. The van der Waals surface area contributed by atoms with Crippen molar-refractivity contribution in [2.45, 2.75) is 13.5 Å². The van der Waals surface area contributed by atoms with Crippen molar-refractivity contribution in [3.05, 3.63) is 28.9 Å². The fourth-order valence-electron chi connectivity index (χ4n) is 1.51. The Labute approximate surface area is 101 Å². The highest BCUT2D eigenvalue weighted by molar-refractivity contribution is 9.10. The van der Waals surface area contributed by atoms with Gasteiger partial charge in [-0.25, -0.2) is 0 Å². The molecule has 5 heteroatoms. The summed E-state index contributed by atoms with van der Waals surface area (Å²) in [7, 11) is 0. The van der Waals surface area contributed by atoms with Gasteiger partial charge in [-0.2, -0.15) is 5.10 Å². The van der Waals surface area contributed by atoms with E-state index >= 15 is 0 Å². The van der Waals surface area contributed by atoms with Crippen molar-refractivity contribution >= 4 is 32.8 Å². The maximum Gasteiger partial charge on any atom is 0.308 e. The third-order valence-electron chi connectivity index (χ3n) is 2.42. The normalized spacial score (nSPS) is 12.9. The molecule has 1 heterocycles. The van der Waals surface area contributed by atoms with Crippen LogP contribution >= 0.6 is 15.9 Å². The second-order valence-corrected chi connectivity index (χ2v) is 4.62. The van der Waals surface area contributed by atoms with Crippen LogP contribution in [0.3, 0.4) is 0 Å². The lowest BCUT2D eigenvalue weighted by molar-refractivity contribution is -0.141. The average molecular weight is 283 g/mol. The Hall–Kier alpha value is -1.36. The first kappa shape index (κ1) is 11.1. The van der Waals surface area contributed by atoms with Crippen molar-refractivity contribution in [1.82, 2.24) is 9.78 Å². The topological polar surface area (TPSA) is 55.1 Å². The highest BCUT2D eigenvalue weighted by Crippen LogP contribution is 2.22. The third kappa shape index (κ3) is 2.09. The van der Waals surface area contributed by atoms with Gasteiger partial charge in [0.25, 0.3) is 0 Å². The van der Waals surface area contributed by atoms with E-state index in [9.17, 15) is 4.79 Å². The molecule has 0 radical (unpaired) electrons. The van der Waals surface area contributed by atoms with Gasteiger partial charge in [-0.3, -0.25) is 9.48 Å². The monoisotopic (exact) mass is 282 g/mol. The van der Waals surface area contributed by atoms with Crippen LogP contribution in [-0.2, 0) is 11.3 Å². The molecule has 0 bridgehead atoms. The van der Waals surface area contributed by atoms with Gasteiger partial charge in [0, 0.05) is 16.1 Å². The number of rotatable bonds is 3. The summed E-state index contributed by atoms with van der Waals surface area (Å²) in [5, 5.41) is 14.2. The standard InChI is InChI=1S/C11H11BrN2O2/c1-7(11(15)16)5-14-6-8-3-2-4-9(12)10(8)13-14/h2-4,6-7H,5H2,1H3,(H,15,16). The number of carboxylic acid groups (broad SMARTS) is 1. The van der Waals surface area contributed by atoms with Gasteiger partial charge < -0.3 is 5.11 Å². The molecule has 2 aromatic rings. The largest absolute Gasteiger partial charge is 0.481 e. The molecule has 0 saturated heterocycles. The van der Waals surface area contributed by atoms with E-state index < -0.39 is 11.9 Å². The Balaban J connectivity index is 2.33. The Morgan fingerprint density at radius 2 is 2.38 bits per heavy atom. The van der Waals surface area contributed by atoms with Gasteiger partial charge in [0.2, 0.25) is 0 Å². The summed E-state index contributed by atoms with van der Waals surface area (Å²) in [6, 6.07) is 5.80. The third-order valence-corrected chi connectivity index (χ3v) is 3.06. The van der Waals surface area contributed by atoms with E-state index in [4.69, 9.17) is 5.11 Å². The smallest absolute Gasteiger partial charge is 0.308 e. The number of hydrogen-bond donors (Lipinski definition) is 1. The van der Waals surface area contributed by atoms with Crippen molar-refractivity contribution in [1.29, 1.82) is 0 Å². The number of nitrogens with zero attached hydrogens (tertiary/aromatic N) is 2. The molecule has 2 rings (SSSR count). The van der Waals surface area contributed by atoms with Crippen molar-refractivity contribution in [3.8, 4) is 0 Å². The molecular formula is C11H11BrN2O2. The lowest BCUT2D eigenvalue weighted by atomic mass is 10.2. The van der Waals surface area contributed by atoms with Crippen LogP contribution in [0.5, 0.6) is 0 Å². The summed E-state index contributed by atoms with van der Waals surface area (Å²) in [4.78, 5) is 10.7. The molecule has 16 heavy (non-hydrogen) atoms. The first-order valence-electron chi connectivity index (χ1n) is 4.92. The van der Waals surface area contributed by atoms with Crippen LogP contribution in [0.1, 0.15) is 6.92 Å². The second-order valence-electron chi connectivity index (χ2n) is 3.77. The van der Waals surface area contributed by atoms with Gasteiger partial charge in [-0.1, -0.05) is 19.1 Å². The molecular weight excluding hydrogens is 272 g/mol. The number of benzene rings is 1. The average Bonchev–Trinajstić information content (AvgIpc) is 2.61. The molecule has 0 amide bonds. The molecule has 1 atom stereocenters. The molecule has 0 aliphatic carbocycles. The molecule has 0 fully saturated rings. The Morgan fingerprint density at radius 3 is 3.00 bits per heavy atom. The minimum atomic E-state index is -0.807. The van der Waals surface area contributed by atoms with Crippen molar-refractivity contribution in [2.75, 3.05) is 0 Å². The molecule has 1 aromatic heterocycles. The van der Waals surface area contributed by atoms with Crippen molar-refractivity contribution in [3.63, 3.8) is 0 Å². The van der Waals surface area contributed by atoms with Gasteiger partial charge in [0.15, 0.2) is 0 Å². The SMILES string of the molecule is CC(Cn1cc2cccc(Br)c2n1)C(=O)O. The number of carboxylic acids is 1. The van der Waals surface area contributed by atoms with Gasteiger partial charge in [0.05, 0.1) is 12.5 Å². The van der Waals surface area contributed by atoms with E-state index in [1.165, 1.54) is 0 Å². The van der Waals surface area contributed by atoms with Crippen molar-refractivity contribution in [2.24, 2.45) is 5.92 Å². The van der Waals surface area contributed by atoms with Crippen LogP contribution in [0.25, 0.3) is 10.9 Å². The highest BCUT2D eigenvalue weighted by atomic mass is 79.9. The predicted octanol–water partition coefficient (Wildman–Crippen LogP) is 2.52. The molecule has 0 aliphatic heterocycles. The van der Waals surface area contributed by atoms with Crippen LogP contribution in [0.4, 0.5) is 0 Å². The van der Waals surface area contributed by atoms with Crippen LogP contribution < -0.4 is 0 Å². The summed E-state index contributed by atoms with van der Waals surface area (Å²) in [5.74, 6) is -1.24. The Kier molecular flexibility index (Phi) is 2.96. The van der Waals surface area contributed by atoms with E-state index in [0.717, 1.165) is 15.4 Å². The summed E-state index contributed by atoms with van der Waals surface area (Å²) >= 11 is 3.41. The van der Waals surface area contributed by atoms with Crippen LogP contribution in [0.2, 0.25) is 0 Å². The zero-order chi connectivity index (χ0) is 11.7. The Bertz CT molecular complexity index is 536. The first-order chi connectivity index (χ1) is 7.58. The lowest BCUT2D eigenvalue weighted by Gasteiger charge is -2.04. The van der Waals surface area contributed by atoms with E-state index in [-0.39, 0.29) is 0 Å². The van der Waals surface area contributed by atoms with Gasteiger partial charge in [-0.05, 0) is 22.0 Å². The molecule has 1 N–H and O–H groups in total. The first-order valence-corrected chi connectivity index (χ1v) is 5.71. The number of fused-ring (bicyclic) bond motifs is 1. The number of aliphatic carboxylic acids is 1. The molecule has 0 spiro atoms. The van der Waals surface area contributed by atoms with Gasteiger partial charge in [-0.15, -0.1) is 0 Å². The van der Waals surface area contributed by atoms with E-state index in [1.54, 1.807) is 11.6 Å². The van der Waals surface area contributed by atoms with Crippen LogP contribution in [0.15, 0.2) is 28.9 Å². The zero-order valence-electron chi connectivity index (χ0n) is 8.72. The minimum Gasteiger partial charge on any atom is -0.481 e. The summed E-state index contributed by atoms with van der Waals surface area (Å²) in [6.07, 6.45) is 1.86. The van der Waals surface area contributed by atoms with Crippen molar-refractivity contribution < 1.29 is 9.90 Å². The number of halogens is 1. The minimum absolute atomic E-state index is 0.385. The molecule has 1 aromatic carbocycles. The van der Waals surface area contributed by atoms with E-state index in [1.807, 2.05) is 24.4 Å². The maximum absolute atomic E-state index is 10.7. The summed E-state index contributed by atoms with van der Waals surface area (Å²) < 4.78 is 2.60. The van der Waals surface area contributed by atoms with E-state index in [0.29, 0.717) is 6.54 Å². The fourth-order valence-corrected chi connectivity index (χ4v) is 1.97. The van der Waals surface area contributed by atoms with Crippen LogP contribution in [0, 0.1) is 5.92 Å². The molecule has 4 nitrogen and oxygen atoms in total. The van der Waals surface area contributed by atoms with Gasteiger partial charge in [0.1, 0.15) is 5.52 Å². The fraction of sp³-hybridized carbons (Fsp3) is 0.273. The van der Waals surface area contributed by atoms with Crippen LogP contribution in [-0.4, -0.2) is 20.9 Å². The quantitative estimate of drug-likeness (QED) is 0.941. The predicted molar refractivity (Wildman–Crippen MR) is 64.2 cm³/mol. The summed E-state index contributed by atoms with van der Waals surface area (Å²) in [5.41, 5.74) is 0.861. The maximum atomic E-state index is 10.7. The number of carbonyl (C=O) groups is 1. The molecule has 1 unspecified atom stereocenters. The number of aromatic nitrogens is 2. The van der Waals surface area contributed by atoms with E-state index in [2.05, 4.69) is 21.0 Å².